The van der Waals surface area contributed by atoms with Crippen molar-refractivity contribution in [2.24, 2.45) is 5.73 Å². The van der Waals surface area contributed by atoms with Crippen LogP contribution in [0, 0.1) is 0 Å². The van der Waals surface area contributed by atoms with Gasteiger partial charge in [0.1, 0.15) is 0 Å². The molecule has 2 aliphatic heterocycles. The molecule has 5 nitrogen and oxygen atoms in total. The van der Waals surface area contributed by atoms with E-state index >= 15 is 0 Å². The Morgan fingerprint density at radius 1 is 1.20 bits per heavy atom. The van der Waals surface area contributed by atoms with Crippen molar-refractivity contribution in [3.05, 3.63) is 0 Å². The van der Waals surface area contributed by atoms with E-state index in [4.69, 9.17) is 15.2 Å². The first-order valence-corrected chi connectivity index (χ1v) is 7.83. The standard InChI is InChI=1S/C15H28N2O3/c1-15(2)19-12(6-7-16)10-13(20-15)11-14(18)17-8-4-3-5-9-17/h12-13H,3-11,16H2,1-2H3/t12-,13-/m1/s1. The van der Waals surface area contributed by atoms with Crippen molar-refractivity contribution >= 4 is 5.91 Å². The summed E-state index contributed by atoms with van der Waals surface area (Å²) in [5.74, 6) is -0.399. The minimum atomic E-state index is -0.620. The van der Waals surface area contributed by atoms with Crippen LogP contribution in [0.25, 0.3) is 0 Å². The zero-order valence-corrected chi connectivity index (χ0v) is 12.8. The fraction of sp³-hybridized carbons (Fsp3) is 0.933. The van der Waals surface area contributed by atoms with Gasteiger partial charge in [-0.3, -0.25) is 4.79 Å². The lowest BCUT2D eigenvalue weighted by molar-refractivity contribution is -0.299. The number of rotatable bonds is 4. The summed E-state index contributed by atoms with van der Waals surface area (Å²) in [4.78, 5) is 14.3. The summed E-state index contributed by atoms with van der Waals surface area (Å²) in [7, 11) is 0. The van der Waals surface area contributed by atoms with Crippen molar-refractivity contribution in [2.45, 2.75) is 70.4 Å². The van der Waals surface area contributed by atoms with Crippen LogP contribution in [-0.2, 0) is 14.3 Å². The van der Waals surface area contributed by atoms with Gasteiger partial charge in [-0.05, 0) is 46.1 Å². The van der Waals surface area contributed by atoms with Crippen molar-refractivity contribution < 1.29 is 14.3 Å². The van der Waals surface area contributed by atoms with E-state index in [2.05, 4.69) is 0 Å². The van der Waals surface area contributed by atoms with Crippen LogP contribution in [0.3, 0.4) is 0 Å². The molecule has 0 aromatic carbocycles. The zero-order chi connectivity index (χ0) is 14.6. The fourth-order valence-electron chi connectivity index (χ4n) is 3.17. The number of nitrogens with zero attached hydrogens (tertiary/aromatic N) is 1. The van der Waals surface area contributed by atoms with Crippen LogP contribution in [0.1, 0.15) is 52.4 Å². The van der Waals surface area contributed by atoms with Crippen LogP contribution < -0.4 is 5.73 Å². The highest BCUT2D eigenvalue weighted by Crippen LogP contribution is 2.30. The monoisotopic (exact) mass is 284 g/mol. The molecule has 0 unspecified atom stereocenters. The second-order valence-corrected chi connectivity index (χ2v) is 6.34. The highest BCUT2D eigenvalue weighted by Gasteiger charge is 2.36. The third-order valence-corrected chi connectivity index (χ3v) is 4.03. The van der Waals surface area contributed by atoms with Gasteiger partial charge in [0.15, 0.2) is 5.79 Å². The van der Waals surface area contributed by atoms with Gasteiger partial charge in [0.05, 0.1) is 18.6 Å². The van der Waals surface area contributed by atoms with Gasteiger partial charge in [0, 0.05) is 19.5 Å². The summed E-state index contributed by atoms with van der Waals surface area (Å²) >= 11 is 0. The van der Waals surface area contributed by atoms with E-state index in [1.165, 1.54) is 6.42 Å². The van der Waals surface area contributed by atoms with E-state index in [0.29, 0.717) is 13.0 Å². The van der Waals surface area contributed by atoms with E-state index in [9.17, 15) is 4.79 Å². The predicted molar refractivity (Wildman–Crippen MR) is 77.2 cm³/mol. The average Bonchev–Trinajstić information content (AvgIpc) is 2.38. The molecule has 5 heteroatoms. The van der Waals surface area contributed by atoms with E-state index in [1.54, 1.807) is 0 Å². The van der Waals surface area contributed by atoms with Crippen LogP contribution >= 0.6 is 0 Å². The van der Waals surface area contributed by atoms with Crippen LogP contribution in [-0.4, -0.2) is 48.4 Å². The molecule has 2 aliphatic rings. The molecule has 0 bridgehead atoms. The molecule has 0 spiro atoms. The summed E-state index contributed by atoms with van der Waals surface area (Å²) in [5.41, 5.74) is 5.62. The number of hydrogen-bond acceptors (Lipinski definition) is 4. The molecule has 2 N–H and O–H groups in total. The molecule has 2 fully saturated rings. The Morgan fingerprint density at radius 2 is 1.85 bits per heavy atom. The molecule has 0 aliphatic carbocycles. The summed E-state index contributed by atoms with van der Waals surface area (Å²) in [5, 5.41) is 0. The van der Waals surface area contributed by atoms with E-state index in [-0.39, 0.29) is 18.1 Å². The van der Waals surface area contributed by atoms with Crippen molar-refractivity contribution in [2.75, 3.05) is 19.6 Å². The first kappa shape index (κ1) is 15.7. The smallest absolute Gasteiger partial charge is 0.225 e. The zero-order valence-electron chi connectivity index (χ0n) is 12.8. The Labute approximate surface area is 121 Å². The molecular formula is C15H28N2O3. The number of likely N-dealkylation sites (tertiary alicyclic amines) is 1. The summed E-state index contributed by atoms with van der Waals surface area (Å²) in [6.45, 7) is 6.23. The molecule has 20 heavy (non-hydrogen) atoms. The van der Waals surface area contributed by atoms with Gasteiger partial charge >= 0.3 is 0 Å². The normalized spacial score (nSPS) is 30.2. The van der Waals surface area contributed by atoms with E-state index < -0.39 is 5.79 Å². The van der Waals surface area contributed by atoms with Crippen LogP contribution in [0.2, 0.25) is 0 Å². The Kier molecular flexibility index (Phi) is 5.41. The van der Waals surface area contributed by atoms with Crippen molar-refractivity contribution in [1.82, 2.24) is 4.90 Å². The first-order valence-electron chi connectivity index (χ1n) is 7.83. The molecule has 2 heterocycles. The highest BCUT2D eigenvalue weighted by atomic mass is 16.7. The van der Waals surface area contributed by atoms with E-state index in [0.717, 1.165) is 38.8 Å². The molecule has 0 saturated carbocycles. The number of piperidine rings is 1. The number of ether oxygens (including phenoxy) is 2. The van der Waals surface area contributed by atoms with Gasteiger partial charge in [-0.15, -0.1) is 0 Å². The highest BCUT2D eigenvalue weighted by molar-refractivity contribution is 5.76. The summed E-state index contributed by atoms with van der Waals surface area (Å²) in [6, 6.07) is 0. The average molecular weight is 284 g/mol. The third-order valence-electron chi connectivity index (χ3n) is 4.03. The maximum Gasteiger partial charge on any atom is 0.225 e. The molecule has 116 valence electrons. The summed E-state index contributed by atoms with van der Waals surface area (Å²) in [6.07, 6.45) is 5.59. The molecule has 0 aromatic rings. The fourth-order valence-corrected chi connectivity index (χ4v) is 3.17. The molecule has 0 aromatic heterocycles. The SMILES string of the molecule is CC1(C)O[C@H](CCN)C[C@H](CC(=O)N2CCCCC2)O1. The van der Waals surface area contributed by atoms with Gasteiger partial charge < -0.3 is 20.1 Å². The molecule has 0 radical (unpaired) electrons. The Morgan fingerprint density at radius 3 is 2.50 bits per heavy atom. The topological polar surface area (TPSA) is 64.8 Å². The number of amides is 1. The third kappa shape index (κ3) is 4.43. The van der Waals surface area contributed by atoms with Crippen LogP contribution in [0.15, 0.2) is 0 Å². The van der Waals surface area contributed by atoms with Gasteiger partial charge in [-0.1, -0.05) is 0 Å². The number of hydrogen-bond donors (Lipinski definition) is 1. The first-order chi connectivity index (χ1) is 9.50. The second kappa shape index (κ2) is 6.87. The number of carbonyl (C=O) groups is 1. The Balaban J connectivity index is 1.88. The second-order valence-electron chi connectivity index (χ2n) is 6.34. The number of nitrogens with two attached hydrogens (primary N) is 1. The molecule has 2 saturated heterocycles. The minimum absolute atomic E-state index is 0.0512. The predicted octanol–water partition coefficient (Wildman–Crippen LogP) is 1.65. The summed E-state index contributed by atoms with van der Waals surface area (Å²) < 4.78 is 11.7. The quantitative estimate of drug-likeness (QED) is 0.852. The lowest BCUT2D eigenvalue weighted by Crippen LogP contribution is -2.47. The molecule has 2 rings (SSSR count). The van der Waals surface area contributed by atoms with Crippen LogP contribution in [0.4, 0.5) is 0 Å². The van der Waals surface area contributed by atoms with Crippen molar-refractivity contribution in [3.8, 4) is 0 Å². The maximum atomic E-state index is 12.3. The van der Waals surface area contributed by atoms with Crippen LogP contribution in [0.5, 0.6) is 0 Å². The Bertz CT molecular complexity index is 327. The van der Waals surface area contributed by atoms with Crippen molar-refractivity contribution in [3.63, 3.8) is 0 Å². The molecule has 1 amide bonds. The van der Waals surface area contributed by atoms with Gasteiger partial charge in [-0.2, -0.15) is 0 Å². The number of carbonyl (C=O) groups excluding carboxylic acids is 1. The minimum Gasteiger partial charge on any atom is -0.347 e. The van der Waals surface area contributed by atoms with Gasteiger partial charge in [0.25, 0.3) is 0 Å². The molecular weight excluding hydrogens is 256 g/mol. The Hall–Kier alpha value is -0.650. The maximum absolute atomic E-state index is 12.3. The lowest BCUT2D eigenvalue weighted by Gasteiger charge is -2.41. The lowest BCUT2D eigenvalue weighted by atomic mass is 10.0. The van der Waals surface area contributed by atoms with Crippen molar-refractivity contribution in [1.29, 1.82) is 0 Å². The van der Waals surface area contributed by atoms with Gasteiger partial charge in [0.2, 0.25) is 5.91 Å². The molecule has 2 atom stereocenters. The largest absolute Gasteiger partial charge is 0.347 e. The van der Waals surface area contributed by atoms with E-state index in [1.807, 2.05) is 18.7 Å². The van der Waals surface area contributed by atoms with Gasteiger partial charge in [-0.25, -0.2) is 0 Å².